The first-order chi connectivity index (χ1) is 20.6. The van der Waals surface area contributed by atoms with Gasteiger partial charge in [-0.15, -0.1) is 0 Å². The quantitative estimate of drug-likeness (QED) is 0.218. The summed E-state index contributed by atoms with van der Waals surface area (Å²) in [4.78, 5) is 62.2. The predicted octanol–water partition coefficient (Wildman–Crippen LogP) is 3.61. The molecule has 1 atom stereocenters. The Morgan fingerprint density at radius 2 is 1.91 bits per heavy atom. The average Bonchev–Trinajstić information content (AvgIpc) is 3.37. The molecule has 0 saturated carbocycles. The Balaban J connectivity index is 1.95. The lowest BCUT2D eigenvalue weighted by atomic mass is 10.1. The molecule has 0 radical (unpaired) electrons. The van der Waals surface area contributed by atoms with E-state index >= 15 is 0 Å². The molecule has 0 aliphatic rings. The van der Waals surface area contributed by atoms with E-state index in [0.29, 0.717) is 22.7 Å². The SMILES string of the molecule is COC(=O)N[C@@H](CC/C=C/C(=O)N(C)C)C(=O)Nc1ccc(C(F)(F)F)n(Cc2nc3c(F)cnc(CC(C)C)c3[nH]2)c1=O. The molecule has 0 bridgehead atoms. The summed E-state index contributed by atoms with van der Waals surface area (Å²) in [5.41, 5.74) is -2.52. The summed E-state index contributed by atoms with van der Waals surface area (Å²) in [7, 11) is 4.17. The van der Waals surface area contributed by atoms with Crippen LogP contribution >= 0.6 is 0 Å². The highest BCUT2D eigenvalue weighted by Crippen LogP contribution is 2.30. The van der Waals surface area contributed by atoms with Crippen LogP contribution in [0.5, 0.6) is 0 Å². The topological polar surface area (TPSA) is 151 Å². The van der Waals surface area contributed by atoms with Crippen molar-refractivity contribution in [3.63, 3.8) is 0 Å². The van der Waals surface area contributed by atoms with Crippen molar-refractivity contribution < 1.29 is 36.7 Å². The minimum atomic E-state index is -4.96. The van der Waals surface area contributed by atoms with Crippen molar-refractivity contribution in [2.45, 2.75) is 51.9 Å². The highest BCUT2D eigenvalue weighted by Gasteiger charge is 2.35. The molecule has 3 rings (SSSR count). The number of halogens is 4. The fraction of sp³-hybridized carbons (Fsp3) is 0.429. The molecular formula is C28H33F4N7O5. The van der Waals surface area contributed by atoms with Crippen LogP contribution in [0.2, 0.25) is 0 Å². The fourth-order valence-electron chi connectivity index (χ4n) is 4.19. The maximum atomic E-state index is 14.5. The van der Waals surface area contributed by atoms with Crippen molar-refractivity contribution in [2.75, 3.05) is 26.5 Å². The van der Waals surface area contributed by atoms with Gasteiger partial charge in [0.1, 0.15) is 28.8 Å². The number of alkyl halides is 3. The molecule has 12 nitrogen and oxygen atoms in total. The highest BCUT2D eigenvalue weighted by molar-refractivity contribution is 5.96. The van der Waals surface area contributed by atoms with Crippen molar-refractivity contribution in [2.24, 2.45) is 5.92 Å². The third-order valence-electron chi connectivity index (χ3n) is 6.35. The molecule has 3 aromatic heterocycles. The Hall–Kier alpha value is -4.76. The second kappa shape index (κ2) is 14.1. The maximum absolute atomic E-state index is 14.5. The Morgan fingerprint density at radius 1 is 1.20 bits per heavy atom. The molecule has 0 spiro atoms. The Kier molecular flexibility index (Phi) is 10.8. The number of anilines is 1. The van der Waals surface area contributed by atoms with Gasteiger partial charge in [-0.1, -0.05) is 19.9 Å². The van der Waals surface area contributed by atoms with E-state index < -0.39 is 53.5 Å². The normalized spacial score (nSPS) is 12.5. The molecule has 238 valence electrons. The summed E-state index contributed by atoms with van der Waals surface area (Å²) in [5.74, 6) is -2.02. The number of nitrogens with zero attached hydrogens (tertiary/aromatic N) is 4. The lowest BCUT2D eigenvalue weighted by molar-refractivity contribution is -0.144. The summed E-state index contributed by atoms with van der Waals surface area (Å²) < 4.78 is 61.2. The molecular weight excluding hydrogens is 590 g/mol. The zero-order valence-electron chi connectivity index (χ0n) is 24.7. The number of nitrogens with one attached hydrogen (secondary N) is 3. The van der Waals surface area contributed by atoms with Crippen molar-refractivity contribution in [3.05, 3.63) is 63.9 Å². The van der Waals surface area contributed by atoms with Crippen molar-refractivity contribution in [1.82, 2.24) is 29.7 Å². The number of aromatic nitrogens is 4. The molecule has 0 unspecified atom stereocenters. The van der Waals surface area contributed by atoms with Crippen molar-refractivity contribution in [3.8, 4) is 0 Å². The van der Waals surface area contributed by atoms with E-state index in [-0.39, 0.29) is 41.5 Å². The number of rotatable bonds is 11. The van der Waals surface area contributed by atoms with Gasteiger partial charge in [0, 0.05) is 14.1 Å². The van der Waals surface area contributed by atoms with Crippen LogP contribution in [0.4, 0.5) is 28.0 Å². The van der Waals surface area contributed by atoms with Crippen LogP contribution in [0.15, 0.2) is 35.3 Å². The number of hydrogen-bond donors (Lipinski definition) is 3. The van der Waals surface area contributed by atoms with Crippen LogP contribution < -0.4 is 16.2 Å². The number of pyridine rings is 2. The number of aromatic amines is 1. The zero-order chi connectivity index (χ0) is 32.8. The van der Waals surface area contributed by atoms with E-state index in [1.165, 1.54) is 17.1 Å². The fourth-order valence-corrected chi connectivity index (χ4v) is 4.19. The first-order valence-electron chi connectivity index (χ1n) is 13.5. The molecule has 3 N–H and O–H groups in total. The number of ether oxygens (including phenoxy) is 1. The number of carbonyl (C=O) groups is 3. The van der Waals surface area contributed by atoms with Gasteiger partial charge in [-0.2, -0.15) is 13.2 Å². The number of imidazole rings is 1. The highest BCUT2D eigenvalue weighted by atomic mass is 19.4. The molecule has 3 amide bonds. The largest absolute Gasteiger partial charge is 0.453 e. The van der Waals surface area contributed by atoms with Gasteiger partial charge in [-0.3, -0.25) is 23.9 Å². The van der Waals surface area contributed by atoms with Gasteiger partial charge in [0.05, 0.1) is 31.1 Å². The summed E-state index contributed by atoms with van der Waals surface area (Å²) in [5, 5.41) is 4.57. The zero-order valence-corrected chi connectivity index (χ0v) is 24.7. The maximum Gasteiger partial charge on any atom is 0.431 e. The van der Waals surface area contributed by atoms with E-state index in [1.807, 2.05) is 13.8 Å². The lowest BCUT2D eigenvalue weighted by Crippen LogP contribution is -2.44. The number of methoxy groups -OCH3 is 1. The van der Waals surface area contributed by atoms with E-state index in [4.69, 9.17) is 0 Å². The Bertz CT molecular complexity index is 1610. The van der Waals surface area contributed by atoms with Gasteiger partial charge in [0.25, 0.3) is 5.56 Å². The van der Waals surface area contributed by atoms with Gasteiger partial charge in [-0.05, 0) is 43.4 Å². The molecule has 0 aliphatic carbocycles. The number of likely N-dealkylation sites (N-methyl/N-ethyl adjacent to an activating group) is 1. The minimum Gasteiger partial charge on any atom is -0.453 e. The van der Waals surface area contributed by atoms with Crippen LogP contribution in [-0.2, 0) is 33.5 Å². The van der Waals surface area contributed by atoms with E-state index in [0.717, 1.165) is 19.4 Å². The Morgan fingerprint density at radius 3 is 2.52 bits per heavy atom. The lowest BCUT2D eigenvalue weighted by Gasteiger charge is -2.19. The molecule has 0 aromatic carbocycles. The number of amides is 3. The first-order valence-corrected chi connectivity index (χ1v) is 13.5. The van der Waals surface area contributed by atoms with E-state index in [9.17, 15) is 36.7 Å². The van der Waals surface area contributed by atoms with Gasteiger partial charge in [0.15, 0.2) is 5.82 Å². The van der Waals surface area contributed by atoms with Crippen LogP contribution in [0.1, 0.15) is 43.9 Å². The number of H-pyrrole nitrogens is 1. The number of carbonyl (C=O) groups excluding carboxylic acids is 3. The Labute approximate surface area is 249 Å². The van der Waals surface area contributed by atoms with Crippen LogP contribution in [-0.4, -0.2) is 69.6 Å². The molecule has 0 aliphatic heterocycles. The summed E-state index contributed by atoms with van der Waals surface area (Å²) in [6.45, 7) is 3.09. The van der Waals surface area contributed by atoms with Gasteiger partial charge in [0.2, 0.25) is 11.8 Å². The third-order valence-corrected chi connectivity index (χ3v) is 6.35. The third kappa shape index (κ3) is 8.41. The van der Waals surface area contributed by atoms with E-state index in [2.05, 4.69) is 30.3 Å². The smallest absolute Gasteiger partial charge is 0.431 e. The van der Waals surface area contributed by atoms with Crippen LogP contribution in [0.3, 0.4) is 0 Å². The number of hydrogen-bond acceptors (Lipinski definition) is 7. The van der Waals surface area contributed by atoms with Gasteiger partial charge >= 0.3 is 12.3 Å². The van der Waals surface area contributed by atoms with Crippen LogP contribution in [0, 0.1) is 11.7 Å². The second-order valence-electron chi connectivity index (χ2n) is 10.5. The molecule has 3 aromatic rings. The molecule has 0 fully saturated rings. The standard InChI is InChI=1S/C28H33F4N7O5/c1-15(2)12-19-24-23(16(29)13-33-19)36-21(37-24)14-39-20(28(30,31)32)11-10-18(26(39)42)34-25(41)17(35-27(43)44-5)8-6-7-9-22(40)38(3)4/h7,9-11,13,15,17H,6,8,12,14H2,1-5H3,(H,34,41)(H,35,43)(H,36,37)/b9-7+/t17-/m0/s1. The number of alkyl carbamates (subject to hydrolysis) is 1. The van der Waals surface area contributed by atoms with E-state index in [1.54, 1.807) is 14.1 Å². The van der Waals surface area contributed by atoms with Crippen molar-refractivity contribution >= 4 is 34.6 Å². The summed E-state index contributed by atoms with van der Waals surface area (Å²) in [6, 6.07) is 0.138. The number of allylic oxidation sites excluding steroid dienone is 1. The first kappa shape index (κ1) is 33.7. The summed E-state index contributed by atoms with van der Waals surface area (Å²) in [6.07, 6.45) is -1.65. The van der Waals surface area contributed by atoms with Gasteiger partial charge in [-0.25, -0.2) is 14.2 Å². The van der Waals surface area contributed by atoms with Crippen molar-refractivity contribution in [1.29, 1.82) is 0 Å². The molecule has 44 heavy (non-hydrogen) atoms. The monoisotopic (exact) mass is 623 g/mol. The average molecular weight is 624 g/mol. The second-order valence-corrected chi connectivity index (χ2v) is 10.5. The number of fused-ring (bicyclic) bond motifs is 1. The minimum absolute atomic E-state index is 0.0374. The molecule has 0 saturated heterocycles. The molecule has 16 heteroatoms. The van der Waals surface area contributed by atoms with Gasteiger partial charge < -0.3 is 25.3 Å². The summed E-state index contributed by atoms with van der Waals surface area (Å²) >= 11 is 0. The molecule has 3 heterocycles. The predicted molar refractivity (Wildman–Crippen MR) is 152 cm³/mol. The van der Waals surface area contributed by atoms with Crippen LogP contribution in [0.25, 0.3) is 11.0 Å².